The standard InChI is InChI=1S/C21H25N3O2/c25-20-7-5-19(6-8-20)23-13-11-22(12-14-23)16-21(26)24-10-9-17-3-1-2-4-18(17)15-24/h1-8,25H,9-16H2. The first kappa shape index (κ1) is 16.9. The van der Waals surface area contributed by atoms with E-state index < -0.39 is 0 Å². The summed E-state index contributed by atoms with van der Waals surface area (Å²) >= 11 is 0. The highest BCUT2D eigenvalue weighted by Gasteiger charge is 2.24. The molecule has 5 heteroatoms. The van der Waals surface area contributed by atoms with Crippen LogP contribution in [0.1, 0.15) is 11.1 Å². The number of rotatable bonds is 3. The number of amides is 1. The number of piperazine rings is 1. The lowest BCUT2D eigenvalue weighted by atomic mass is 10.00. The molecule has 0 unspecified atom stereocenters. The molecule has 2 aliphatic rings. The summed E-state index contributed by atoms with van der Waals surface area (Å²) in [6, 6.07) is 15.8. The minimum atomic E-state index is 0.234. The van der Waals surface area contributed by atoms with Gasteiger partial charge in [-0.25, -0.2) is 0 Å². The second-order valence-electron chi connectivity index (χ2n) is 7.11. The summed E-state index contributed by atoms with van der Waals surface area (Å²) in [6.07, 6.45) is 0.955. The van der Waals surface area contributed by atoms with Crippen LogP contribution in [0.5, 0.6) is 5.75 Å². The molecule has 0 aromatic heterocycles. The summed E-state index contributed by atoms with van der Waals surface area (Å²) < 4.78 is 0. The van der Waals surface area contributed by atoms with Gasteiger partial charge in [-0.3, -0.25) is 9.69 Å². The number of hydrogen-bond acceptors (Lipinski definition) is 4. The number of phenols is 1. The van der Waals surface area contributed by atoms with E-state index >= 15 is 0 Å². The maximum Gasteiger partial charge on any atom is 0.237 e. The average molecular weight is 351 g/mol. The van der Waals surface area contributed by atoms with Crippen LogP contribution in [0.15, 0.2) is 48.5 Å². The van der Waals surface area contributed by atoms with E-state index in [0.29, 0.717) is 12.3 Å². The Morgan fingerprint density at radius 3 is 2.31 bits per heavy atom. The first-order chi connectivity index (χ1) is 12.7. The Labute approximate surface area is 154 Å². The van der Waals surface area contributed by atoms with Crippen molar-refractivity contribution in [1.29, 1.82) is 0 Å². The van der Waals surface area contributed by atoms with E-state index in [0.717, 1.165) is 51.4 Å². The van der Waals surface area contributed by atoms with E-state index in [4.69, 9.17) is 0 Å². The SMILES string of the molecule is O=C(CN1CCN(c2ccc(O)cc2)CC1)N1CCc2ccccc2C1. The Hall–Kier alpha value is -2.53. The largest absolute Gasteiger partial charge is 0.508 e. The van der Waals surface area contributed by atoms with Crippen LogP contribution in [0, 0.1) is 0 Å². The van der Waals surface area contributed by atoms with Crippen LogP contribution in [0.3, 0.4) is 0 Å². The number of carbonyl (C=O) groups excluding carboxylic acids is 1. The van der Waals surface area contributed by atoms with Crippen LogP contribution in [-0.2, 0) is 17.8 Å². The molecule has 2 aromatic rings. The third-order valence-corrected chi connectivity index (χ3v) is 5.43. The highest BCUT2D eigenvalue weighted by molar-refractivity contribution is 5.78. The zero-order valence-electron chi connectivity index (χ0n) is 15.0. The van der Waals surface area contributed by atoms with Crippen molar-refractivity contribution in [2.45, 2.75) is 13.0 Å². The molecule has 0 aliphatic carbocycles. The summed E-state index contributed by atoms with van der Waals surface area (Å²) in [5, 5.41) is 9.41. The van der Waals surface area contributed by atoms with Crippen LogP contribution in [-0.4, -0.2) is 60.1 Å². The zero-order valence-corrected chi connectivity index (χ0v) is 15.0. The molecule has 2 aliphatic heterocycles. The Balaban J connectivity index is 1.29. The molecule has 0 bridgehead atoms. The van der Waals surface area contributed by atoms with Crippen molar-refractivity contribution in [3.63, 3.8) is 0 Å². The molecule has 1 N–H and O–H groups in total. The van der Waals surface area contributed by atoms with E-state index in [9.17, 15) is 9.90 Å². The first-order valence-corrected chi connectivity index (χ1v) is 9.30. The van der Waals surface area contributed by atoms with Gasteiger partial charge in [-0.2, -0.15) is 0 Å². The number of nitrogens with zero attached hydrogens (tertiary/aromatic N) is 3. The Morgan fingerprint density at radius 2 is 1.58 bits per heavy atom. The smallest absolute Gasteiger partial charge is 0.237 e. The van der Waals surface area contributed by atoms with Crippen LogP contribution in [0.2, 0.25) is 0 Å². The second-order valence-corrected chi connectivity index (χ2v) is 7.11. The Bertz CT molecular complexity index is 767. The maximum absolute atomic E-state index is 12.7. The summed E-state index contributed by atoms with van der Waals surface area (Å²) in [5.74, 6) is 0.527. The van der Waals surface area contributed by atoms with Crippen molar-refractivity contribution in [3.05, 3.63) is 59.7 Å². The van der Waals surface area contributed by atoms with Gasteiger partial charge in [-0.1, -0.05) is 24.3 Å². The minimum absolute atomic E-state index is 0.234. The summed E-state index contributed by atoms with van der Waals surface area (Å²) in [6.45, 7) is 5.65. The lowest BCUT2D eigenvalue weighted by molar-refractivity contribution is -0.133. The summed E-state index contributed by atoms with van der Waals surface area (Å²) in [4.78, 5) is 19.3. The van der Waals surface area contributed by atoms with E-state index in [-0.39, 0.29) is 5.91 Å². The van der Waals surface area contributed by atoms with Crippen molar-refractivity contribution < 1.29 is 9.90 Å². The monoisotopic (exact) mass is 351 g/mol. The third-order valence-electron chi connectivity index (χ3n) is 5.43. The molecule has 1 amide bonds. The van der Waals surface area contributed by atoms with E-state index in [1.54, 1.807) is 12.1 Å². The summed E-state index contributed by atoms with van der Waals surface area (Å²) in [7, 11) is 0. The van der Waals surface area contributed by atoms with Gasteiger partial charge in [0.15, 0.2) is 0 Å². The molecule has 2 aromatic carbocycles. The average Bonchev–Trinajstić information content (AvgIpc) is 2.69. The highest BCUT2D eigenvalue weighted by atomic mass is 16.3. The molecule has 0 spiro atoms. The van der Waals surface area contributed by atoms with E-state index in [1.165, 1.54) is 11.1 Å². The van der Waals surface area contributed by atoms with Crippen molar-refractivity contribution in [2.24, 2.45) is 0 Å². The Morgan fingerprint density at radius 1 is 0.885 bits per heavy atom. The molecule has 0 saturated carbocycles. The predicted molar refractivity (Wildman–Crippen MR) is 102 cm³/mol. The fraction of sp³-hybridized carbons (Fsp3) is 0.381. The van der Waals surface area contributed by atoms with Gasteiger partial charge >= 0.3 is 0 Å². The highest BCUT2D eigenvalue weighted by Crippen LogP contribution is 2.21. The fourth-order valence-electron chi connectivity index (χ4n) is 3.83. The van der Waals surface area contributed by atoms with Crippen molar-refractivity contribution >= 4 is 11.6 Å². The van der Waals surface area contributed by atoms with Gasteiger partial charge in [0.1, 0.15) is 5.75 Å². The van der Waals surface area contributed by atoms with Crippen molar-refractivity contribution in [3.8, 4) is 5.75 Å². The number of phenolic OH excluding ortho intramolecular Hbond substituents is 1. The van der Waals surface area contributed by atoms with Gasteiger partial charge < -0.3 is 14.9 Å². The third kappa shape index (κ3) is 3.68. The second kappa shape index (κ2) is 7.38. The fourth-order valence-corrected chi connectivity index (χ4v) is 3.83. The first-order valence-electron chi connectivity index (χ1n) is 9.30. The van der Waals surface area contributed by atoms with Gasteiger partial charge in [-0.15, -0.1) is 0 Å². The molecule has 1 saturated heterocycles. The molecule has 0 atom stereocenters. The van der Waals surface area contributed by atoms with Gasteiger partial charge in [0.2, 0.25) is 5.91 Å². The number of hydrogen-bond donors (Lipinski definition) is 1. The number of carbonyl (C=O) groups is 1. The van der Waals surface area contributed by atoms with E-state index in [2.05, 4.69) is 34.1 Å². The van der Waals surface area contributed by atoms with Crippen molar-refractivity contribution in [1.82, 2.24) is 9.80 Å². The molecule has 1 fully saturated rings. The summed E-state index contributed by atoms with van der Waals surface area (Å²) in [5.41, 5.74) is 3.78. The number of fused-ring (bicyclic) bond motifs is 1. The van der Waals surface area contributed by atoms with Gasteiger partial charge in [-0.05, 0) is 41.8 Å². The normalized spacial score (nSPS) is 17.8. The maximum atomic E-state index is 12.7. The molecule has 136 valence electrons. The van der Waals surface area contributed by atoms with Gasteiger partial charge in [0.05, 0.1) is 6.54 Å². The molecule has 2 heterocycles. The molecular formula is C21H25N3O2. The Kier molecular flexibility index (Phi) is 4.80. The molecule has 26 heavy (non-hydrogen) atoms. The predicted octanol–water partition coefficient (Wildman–Crippen LogP) is 2.10. The van der Waals surface area contributed by atoms with Crippen molar-refractivity contribution in [2.75, 3.05) is 44.2 Å². The minimum Gasteiger partial charge on any atom is -0.508 e. The number of benzene rings is 2. The van der Waals surface area contributed by atoms with Crippen LogP contribution in [0.25, 0.3) is 0 Å². The van der Waals surface area contributed by atoms with Gasteiger partial charge in [0.25, 0.3) is 0 Å². The number of anilines is 1. The molecule has 4 rings (SSSR count). The topological polar surface area (TPSA) is 47.0 Å². The lowest BCUT2D eigenvalue weighted by Crippen LogP contribution is -2.50. The molecular weight excluding hydrogens is 326 g/mol. The van der Waals surface area contributed by atoms with Gasteiger partial charge in [0, 0.05) is 45.0 Å². The number of aromatic hydroxyl groups is 1. The van der Waals surface area contributed by atoms with Crippen LogP contribution in [0.4, 0.5) is 5.69 Å². The quantitative estimate of drug-likeness (QED) is 0.920. The lowest BCUT2D eigenvalue weighted by Gasteiger charge is -2.37. The van der Waals surface area contributed by atoms with E-state index in [1.807, 2.05) is 17.0 Å². The molecule has 0 radical (unpaired) electrons. The zero-order chi connectivity index (χ0) is 17.9. The molecule has 5 nitrogen and oxygen atoms in total. The van der Waals surface area contributed by atoms with Crippen LogP contribution < -0.4 is 4.90 Å². The van der Waals surface area contributed by atoms with Crippen LogP contribution >= 0.6 is 0 Å².